The number of rotatable bonds is 5. The Labute approximate surface area is 111 Å². The van der Waals surface area contributed by atoms with Gasteiger partial charge in [0.05, 0.1) is 11.3 Å². The lowest BCUT2D eigenvalue weighted by atomic mass is 10.1. The molecule has 1 heterocycles. The molecule has 1 N–H and O–H groups in total. The molecule has 1 unspecified atom stereocenters. The summed E-state index contributed by atoms with van der Waals surface area (Å²) < 4.78 is 1.74. The zero-order valence-corrected chi connectivity index (χ0v) is 12.5. The van der Waals surface area contributed by atoms with Gasteiger partial charge in [-0.15, -0.1) is 0 Å². The Bertz CT molecular complexity index is 401. The first kappa shape index (κ1) is 14.2. The third-order valence-electron chi connectivity index (χ3n) is 2.95. The summed E-state index contributed by atoms with van der Waals surface area (Å²) in [7, 11) is 1.85. The monoisotopic (exact) mass is 301 g/mol. The molecule has 4 nitrogen and oxygen atoms in total. The standard InChI is InChI=1S/C12H20BrN3O/c1-8(5-6-13)7-14-12(17)11-9(2)15-16(4)10(11)3/h8H,5-7H2,1-4H3,(H,14,17). The number of alkyl halides is 1. The van der Waals surface area contributed by atoms with Crippen LogP contribution in [-0.4, -0.2) is 27.6 Å². The molecule has 96 valence electrons. The Morgan fingerprint density at radius 2 is 2.18 bits per heavy atom. The van der Waals surface area contributed by atoms with Crippen LogP contribution in [0.15, 0.2) is 0 Å². The van der Waals surface area contributed by atoms with Gasteiger partial charge < -0.3 is 5.32 Å². The molecule has 0 aliphatic carbocycles. The maximum absolute atomic E-state index is 12.0. The molecule has 1 atom stereocenters. The molecule has 1 amide bonds. The van der Waals surface area contributed by atoms with Crippen molar-refractivity contribution in [3.63, 3.8) is 0 Å². The number of amides is 1. The first-order valence-corrected chi connectivity index (χ1v) is 6.93. The number of nitrogens with one attached hydrogen (secondary N) is 1. The van der Waals surface area contributed by atoms with Gasteiger partial charge in [-0.05, 0) is 26.2 Å². The van der Waals surface area contributed by atoms with Crippen LogP contribution in [0.3, 0.4) is 0 Å². The molecular weight excluding hydrogens is 282 g/mol. The van der Waals surface area contributed by atoms with Crippen molar-refractivity contribution in [2.75, 3.05) is 11.9 Å². The third-order valence-corrected chi connectivity index (χ3v) is 3.41. The average Bonchev–Trinajstić information content (AvgIpc) is 2.50. The minimum atomic E-state index is -0.0190. The number of hydrogen-bond acceptors (Lipinski definition) is 2. The van der Waals surface area contributed by atoms with Crippen LogP contribution in [0.1, 0.15) is 35.1 Å². The molecule has 0 aromatic carbocycles. The number of carbonyl (C=O) groups is 1. The lowest BCUT2D eigenvalue weighted by Crippen LogP contribution is -2.29. The minimum Gasteiger partial charge on any atom is -0.352 e. The van der Waals surface area contributed by atoms with Crippen LogP contribution in [0.2, 0.25) is 0 Å². The molecule has 0 saturated heterocycles. The Morgan fingerprint density at radius 3 is 2.65 bits per heavy atom. The van der Waals surface area contributed by atoms with E-state index in [9.17, 15) is 4.79 Å². The van der Waals surface area contributed by atoms with E-state index in [1.54, 1.807) is 4.68 Å². The van der Waals surface area contributed by atoms with Gasteiger partial charge in [-0.1, -0.05) is 22.9 Å². The van der Waals surface area contributed by atoms with Gasteiger partial charge in [0.15, 0.2) is 0 Å². The Kier molecular flexibility index (Phi) is 5.18. The van der Waals surface area contributed by atoms with Gasteiger partial charge in [-0.25, -0.2) is 0 Å². The van der Waals surface area contributed by atoms with E-state index >= 15 is 0 Å². The molecule has 0 saturated carbocycles. The molecular formula is C12H20BrN3O. The molecule has 1 aromatic rings. The summed E-state index contributed by atoms with van der Waals surface area (Å²) in [6.07, 6.45) is 1.06. The van der Waals surface area contributed by atoms with Gasteiger partial charge in [0.2, 0.25) is 0 Å². The van der Waals surface area contributed by atoms with Crippen LogP contribution in [0.5, 0.6) is 0 Å². The van der Waals surface area contributed by atoms with Crippen molar-refractivity contribution in [3.8, 4) is 0 Å². The number of aromatic nitrogens is 2. The van der Waals surface area contributed by atoms with Gasteiger partial charge in [0.1, 0.15) is 0 Å². The highest BCUT2D eigenvalue weighted by Crippen LogP contribution is 2.12. The Balaban J connectivity index is 2.64. The largest absolute Gasteiger partial charge is 0.352 e. The van der Waals surface area contributed by atoms with Crippen molar-refractivity contribution in [3.05, 3.63) is 17.0 Å². The fraction of sp³-hybridized carbons (Fsp3) is 0.667. The molecule has 1 rings (SSSR count). The van der Waals surface area contributed by atoms with Gasteiger partial charge in [-0.3, -0.25) is 9.48 Å². The van der Waals surface area contributed by atoms with Crippen LogP contribution in [0.4, 0.5) is 0 Å². The van der Waals surface area contributed by atoms with E-state index in [-0.39, 0.29) is 5.91 Å². The number of aryl methyl sites for hydroxylation is 2. The quantitative estimate of drug-likeness (QED) is 0.848. The molecule has 0 spiro atoms. The van der Waals surface area contributed by atoms with E-state index in [2.05, 4.69) is 33.3 Å². The predicted octanol–water partition coefficient (Wildman–Crippen LogP) is 2.19. The summed E-state index contributed by atoms with van der Waals surface area (Å²) >= 11 is 3.40. The van der Waals surface area contributed by atoms with Crippen molar-refractivity contribution in [1.82, 2.24) is 15.1 Å². The molecule has 0 bridgehead atoms. The SMILES string of the molecule is Cc1nn(C)c(C)c1C(=O)NCC(C)CCBr. The van der Waals surface area contributed by atoms with Gasteiger partial charge >= 0.3 is 0 Å². The molecule has 0 aliphatic heterocycles. The van der Waals surface area contributed by atoms with E-state index < -0.39 is 0 Å². The fourth-order valence-corrected chi connectivity index (χ4v) is 2.53. The molecule has 0 aliphatic rings. The van der Waals surface area contributed by atoms with Crippen molar-refractivity contribution in [2.45, 2.75) is 27.2 Å². The lowest BCUT2D eigenvalue weighted by Gasteiger charge is -2.11. The van der Waals surface area contributed by atoms with E-state index in [1.165, 1.54) is 0 Å². The Morgan fingerprint density at radius 1 is 1.53 bits per heavy atom. The smallest absolute Gasteiger partial charge is 0.255 e. The second kappa shape index (κ2) is 6.19. The topological polar surface area (TPSA) is 46.9 Å². The number of nitrogens with zero attached hydrogens (tertiary/aromatic N) is 2. The molecule has 0 fully saturated rings. The van der Waals surface area contributed by atoms with E-state index in [0.717, 1.165) is 23.1 Å². The van der Waals surface area contributed by atoms with Crippen LogP contribution >= 0.6 is 15.9 Å². The summed E-state index contributed by atoms with van der Waals surface area (Å²) in [6, 6.07) is 0. The first-order chi connectivity index (χ1) is 7.97. The van der Waals surface area contributed by atoms with Crippen molar-refractivity contribution >= 4 is 21.8 Å². The van der Waals surface area contributed by atoms with Crippen LogP contribution < -0.4 is 5.32 Å². The third kappa shape index (κ3) is 3.56. The summed E-state index contributed by atoms with van der Waals surface area (Å²) in [5.41, 5.74) is 2.40. The lowest BCUT2D eigenvalue weighted by molar-refractivity contribution is 0.0946. The van der Waals surface area contributed by atoms with Crippen molar-refractivity contribution in [1.29, 1.82) is 0 Å². The second-order valence-electron chi connectivity index (χ2n) is 4.46. The van der Waals surface area contributed by atoms with Gasteiger partial charge in [0, 0.05) is 24.6 Å². The summed E-state index contributed by atoms with van der Waals surface area (Å²) in [6.45, 7) is 6.61. The maximum Gasteiger partial charge on any atom is 0.255 e. The van der Waals surface area contributed by atoms with Crippen LogP contribution in [0.25, 0.3) is 0 Å². The van der Waals surface area contributed by atoms with Crippen LogP contribution in [0, 0.1) is 19.8 Å². The van der Waals surface area contributed by atoms with E-state index in [4.69, 9.17) is 0 Å². The number of halogens is 1. The predicted molar refractivity (Wildman–Crippen MR) is 72.6 cm³/mol. The fourth-order valence-electron chi connectivity index (χ4n) is 1.75. The summed E-state index contributed by atoms with van der Waals surface area (Å²) in [5, 5.41) is 8.18. The highest BCUT2D eigenvalue weighted by atomic mass is 79.9. The highest BCUT2D eigenvalue weighted by Gasteiger charge is 2.17. The number of carbonyl (C=O) groups excluding carboxylic acids is 1. The van der Waals surface area contributed by atoms with Crippen molar-refractivity contribution < 1.29 is 4.79 Å². The zero-order chi connectivity index (χ0) is 13.0. The second-order valence-corrected chi connectivity index (χ2v) is 5.26. The van der Waals surface area contributed by atoms with Gasteiger partial charge in [0.25, 0.3) is 5.91 Å². The minimum absolute atomic E-state index is 0.0190. The number of hydrogen-bond donors (Lipinski definition) is 1. The summed E-state index contributed by atoms with van der Waals surface area (Å²) in [5.74, 6) is 0.463. The molecule has 0 radical (unpaired) electrons. The van der Waals surface area contributed by atoms with Gasteiger partial charge in [-0.2, -0.15) is 5.10 Å². The van der Waals surface area contributed by atoms with E-state index in [0.29, 0.717) is 18.0 Å². The molecule has 1 aromatic heterocycles. The summed E-state index contributed by atoms with van der Waals surface area (Å²) in [4.78, 5) is 12.0. The zero-order valence-electron chi connectivity index (χ0n) is 10.9. The van der Waals surface area contributed by atoms with Crippen molar-refractivity contribution in [2.24, 2.45) is 13.0 Å². The molecule has 5 heteroatoms. The highest BCUT2D eigenvalue weighted by molar-refractivity contribution is 9.09. The maximum atomic E-state index is 12.0. The normalized spacial score (nSPS) is 12.5. The first-order valence-electron chi connectivity index (χ1n) is 5.81. The Hall–Kier alpha value is -0.840. The van der Waals surface area contributed by atoms with E-state index in [1.807, 2.05) is 20.9 Å². The van der Waals surface area contributed by atoms with Crippen LogP contribution in [-0.2, 0) is 7.05 Å². The average molecular weight is 302 g/mol. The molecule has 17 heavy (non-hydrogen) atoms.